The lowest BCUT2D eigenvalue weighted by molar-refractivity contribution is -0.170. The first-order chi connectivity index (χ1) is 14.2. The minimum Gasteiger partial charge on any atom is -0.486 e. The molecule has 1 saturated carbocycles. The van der Waals surface area contributed by atoms with Crippen LogP contribution in [-0.4, -0.2) is 43.3 Å². The molecule has 1 aliphatic carbocycles. The fraction of sp³-hybridized carbons (Fsp3) is 0.391. The Morgan fingerprint density at radius 3 is 2.45 bits per heavy atom. The van der Waals surface area contributed by atoms with Gasteiger partial charge in [0, 0.05) is 12.3 Å². The first kappa shape index (κ1) is 19.6. The van der Waals surface area contributed by atoms with Crippen molar-refractivity contribution in [2.24, 2.45) is 5.92 Å². The Morgan fingerprint density at radius 1 is 0.966 bits per heavy atom. The average Bonchev–Trinajstić information content (AvgIpc) is 2.96. The molecule has 4 rings (SSSR count). The number of benzene rings is 2. The van der Waals surface area contributed by atoms with E-state index in [0.29, 0.717) is 18.8 Å². The predicted molar refractivity (Wildman–Crippen MR) is 104 cm³/mol. The zero-order valence-corrected chi connectivity index (χ0v) is 16.1. The highest BCUT2D eigenvalue weighted by atomic mass is 16.6. The van der Waals surface area contributed by atoms with Gasteiger partial charge < -0.3 is 18.9 Å². The quantitative estimate of drug-likeness (QED) is 0.607. The molecule has 1 aliphatic heterocycles. The molecule has 1 heterocycles. The van der Waals surface area contributed by atoms with Gasteiger partial charge in [0.2, 0.25) is 0 Å². The normalized spacial score (nSPS) is 25.4. The standard InChI is InChI=1S/C23H24O6/c24-17(14-26-18-9-5-2-6-10-18)15-28-23-19-11-22(25)29-21(23)12-20(19)27-13-16-7-3-1-4-8-16/h1-10,19-21,23H,11-15H2/t19?,20?,21-,23?/m1/s1. The number of para-hydroxylation sites is 1. The summed E-state index contributed by atoms with van der Waals surface area (Å²) in [6, 6.07) is 19.1. The van der Waals surface area contributed by atoms with Crippen LogP contribution in [0.4, 0.5) is 0 Å². The van der Waals surface area contributed by atoms with Crippen LogP contribution in [0.3, 0.4) is 0 Å². The van der Waals surface area contributed by atoms with Gasteiger partial charge in [-0.15, -0.1) is 0 Å². The van der Waals surface area contributed by atoms with Crippen molar-refractivity contribution in [3.05, 3.63) is 66.2 Å². The minimum atomic E-state index is -0.370. The van der Waals surface area contributed by atoms with Crippen molar-refractivity contribution >= 4 is 11.8 Å². The zero-order chi connectivity index (χ0) is 20.1. The molecule has 6 nitrogen and oxygen atoms in total. The summed E-state index contributed by atoms with van der Waals surface area (Å²) in [5.41, 5.74) is 1.08. The van der Waals surface area contributed by atoms with Gasteiger partial charge in [0.1, 0.15) is 31.2 Å². The Morgan fingerprint density at radius 2 is 1.69 bits per heavy atom. The summed E-state index contributed by atoms with van der Waals surface area (Å²) in [5, 5.41) is 0. The van der Waals surface area contributed by atoms with Crippen molar-refractivity contribution in [1.29, 1.82) is 0 Å². The minimum absolute atomic E-state index is 0.0558. The predicted octanol–water partition coefficient (Wildman–Crippen LogP) is 2.94. The van der Waals surface area contributed by atoms with Crippen LogP contribution in [0.1, 0.15) is 18.4 Å². The molecular formula is C23H24O6. The van der Waals surface area contributed by atoms with Gasteiger partial charge in [-0.1, -0.05) is 48.5 Å². The van der Waals surface area contributed by atoms with Crippen LogP contribution in [0.25, 0.3) is 0 Å². The maximum absolute atomic E-state index is 12.2. The highest BCUT2D eigenvalue weighted by Crippen LogP contribution is 2.40. The Bertz CT molecular complexity index is 822. The van der Waals surface area contributed by atoms with E-state index in [1.807, 2.05) is 48.5 Å². The molecule has 29 heavy (non-hydrogen) atoms. The fourth-order valence-corrected chi connectivity index (χ4v) is 3.91. The van der Waals surface area contributed by atoms with Gasteiger partial charge in [0.25, 0.3) is 0 Å². The highest BCUT2D eigenvalue weighted by Gasteiger charge is 2.51. The smallest absolute Gasteiger partial charge is 0.306 e. The molecule has 0 spiro atoms. The van der Waals surface area contributed by atoms with Crippen LogP contribution < -0.4 is 4.74 Å². The number of carbonyl (C=O) groups excluding carboxylic acids is 2. The molecule has 0 radical (unpaired) electrons. The molecule has 2 fully saturated rings. The van der Waals surface area contributed by atoms with E-state index in [-0.39, 0.29) is 55.6 Å². The number of ketones is 1. The second-order valence-electron chi connectivity index (χ2n) is 7.38. The molecule has 2 aromatic carbocycles. The van der Waals surface area contributed by atoms with E-state index >= 15 is 0 Å². The Labute approximate surface area is 169 Å². The van der Waals surface area contributed by atoms with E-state index in [9.17, 15) is 9.59 Å². The third-order valence-corrected chi connectivity index (χ3v) is 5.30. The summed E-state index contributed by atoms with van der Waals surface area (Å²) < 4.78 is 22.8. The number of rotatable bonds is 9. The second kappa shape index (κ2) is 9.20. The van der Waals surface area contributed by atoms with Crippen LogP contribution in [0.15, 0.2) is 60.7 Å². The van der Waals surface area contributed by atoms with E-state index in [1.165, 1.54) is 0 Å². The summed E-state index contributed by atoms with van der Waals surface area (Å²) in [6.45, 7) is 0.340. The molecule has 0 aromatic heterocycles. The van der Waals surface area contributed by atoms with E-state index in [4.69, 9.17) is 18.9 Å². The monoisotopic (exact) mass is 396 g/mol. The fourth-order valence-electron chi connectivity index (χ4n) is 3.91. The largest absolute Gasteiger partial charge is 0.486 e. The Kier molecular flexibility index (Phi) is 6.22. The maximum Gasteiger partial charge on any atom is 0.306 e. The number of Topliss-reactive ketones (excluding diaryl/α,β-unsaturated/α-hetero) is 1. The van der Waals surface area contributed by atoms with E-state index in [1.54, 1.807) is 12.1 Å². The molecule has 0 N–H and O–H groups in total. The van der Waals surface area contributed by atoms with Crippen molar-refractivity contribution in [3.63, 3.8) is 0 Å². The van der Waals surface area contributed by atoms with Crippen LogP contribution in [0.5, 0.6) is 5.75 Å². The Balaban J connectivity index is 1.29. The van der Waals surface area contributed by atoms with Gasteiger partial charge in [-0.25, -0.2) is 0 Å². The van der Waals surface area contributed by atoms with Gasteiger partial charge in [0.15, 0.2) is 5.78 Å². The van der Waals surface area contributed by atoms with Crippen LogP contribution in [0, 0.1) is 5.92 Å². The number of hydrogen-bond donors (Lipinski definition) is 0. The summed E-state index contributed by atoms with van der Waals surface area (Å²) in [7, 11) is 0. The lowest BCUT2D eigenvalue weighted by Crippen LogP contribution is -2.41. The zero-order valence-electron chi connectivity index (χ0n) is 16.1. The SMILES string of the molecule is O=C(COc1ccccc1)COC1C2CC(=O)O[C@@H]1CC2OCc1ccccc1. The number of esters is 1. The summed E-state index contributed by atoms with van der Waals surface area (Å²) in [6.07, 6.45) is 0.00383. The van der Waals surface area contributed by atoms with Crippen LogP contribution in [-0.2, 0) is 30.4 Å². The maximum atomic E-state index is 12.2. The lowest BCUT2D eigenvalue weighted by atomic mass is 9.97. The van der Waals surface area contributed by atoms with Crippen molar-refractivity contribution in [1.82, 2.24) is 0 Å². The molecule has 2 aromatic rings. The second-order valence-corrected chi connectivity index (χ2v) is 7.38. The number of ether oxygens (including phenoxy) is 4. The van der Waals surface area contributed by atoms with Crippen LogP contribution in [0.2, 0.25) is 0 Å². The summed E-state index contributed by atoms with van der Waals surface area (Å²) >= 11 is 0. The Hall–Kier alpha value is -2.70. The van der Waals surface area contributed by atoms with E-state index in [0.717, 1.165) is 5.56 Å². The highest BCUT2D eigenvalue weighted by molar-refractivity contribution is 5.81. The molecule has 152 valence electrons. The van der Waals surface area contributed by atoms with Crippen molar-refractivity contribution in [3.8, 4) is 5.75 Å². The third-order valence-electron chi connectivity index (χ3n) is 5.30. The number of hydrogen-bond acceptors (Lipinski definition) is 6. The van der Waals surface area contributed by atoms with Crippen molar-refractivity contribution in [2.75, 3.05) is 13.2 Å². The van der Waals surface area contributed by atoms with Gasteiger partial charge in [-0.2, -0.15) is 0 Å². The van der Waals surface area contributed by atoms with Gasteiger partial charge in [0.05, 0.1) is 19.1 Å². The molecule has 1 saturated heterocycles. The van der Waals surface area contributed by atoms with Crippen molar-refractivity contribution in [2.45, 2.75) is 37.8 Å². The molecule has 3 unspecified atom stereocenters. The van der Waals surface area contributed by atoms with E-state index in [2.05, 4.69) is 0 Å². The first-order valence-corrected chi connectivity index (χ1v) is 9.85. The van der Waals surface area contributed by atoms with Gasteiger partial charge >= 0.3 is 5.97 Å². The molecule has 4 atom stereocenters. The third kappa shape index (κ3) is 5.02. The molecular weight excluding hydrogens is 372 g/mol. The number of carbonyl (C=O) groups is 2. The van der Waals surface area contributed by atoms with E-state index < -0.39 is 0 Å². The molecule has 0 amide bonds. The van der Waals surface area contributed by atoms with Crippen LogP contribution >= 0.6 is 0 Å². The van der Waals surface area contributed by atoms with Crippen molar-refractivity contribution < 1.29 is 28.5 Å². The molecule has 6 heteroatoms. The lowest BCUT2D eigenvalue weighted by Gasteiger charge is -2.30. The summed E-state index contributed by atoms with van der Waals surface area (Å²) in [4.78, 5) is 24.0. The van der Waals surface area contributed by atoms with Gasteiger partial charge in [-0.05, 0) is 17.7 Å². The summed E-state index contributed by atoms with van der Waals surface area (Å²) in [5.74, 6) is 0.144. The average molecular weight is 396 g/mol. The van der Waals surface area contributed by atoms with Gasteiger partial charge in [-0.3, -0.25) is 9.59 Å². The first-order valence-electron chi connectivity index (χ1n) is 9.85. The molecule has 2 bridgehead atoms. The number of fused-ring (bicyclic) bond motifs is 2. The topological polar surface area (TPSA) is 71.1 Å². The molecule has 2 aliphatic rings.